The number of hydrogen-bond acceptors (Lipinski definition) is 4. The van der Waals surface area contributed by atoms with E-state index in [1.54, 1.807) is 12.3 Å². The first kappa shape index (κ1) is 18.2. The minimum Gasteiger partial charge on any atom is -0.258 e. The van der Waals surface area contributed by atoms with Crippen molar-refractivity contribution in [1.29, 1.82) is 0 Å². The van der Waals surface area contributed by atoms with Crippen LogP contribution in [0, 0.1) is 10.1 Å². The van der Waals surface area contributed by atoms with Crippen molar-refractivity contribution in [2.24, 2.45) is 0 Å². The first-order chi connectivity index (χ1) is 12.3. The number of nitrogens with one attached hydrogen (secondary N) is 2. The highest BCUT2D eigenvalue weighted by Crippen LogP contribution is 2.32. The topological polar surface area (TPSA) is 77.9 Å². The number of rotatable bonds is 3. The van der Waals surface area contributed by atoms with Crippen LogP contribution in [-0.4, -0.2) is 31.1 Å². The maximum atomic E-state index is 12.7. The molecule has 2 N–H and O–H groups in total. The summed E-state index contributed by atoms with van der Waals surface area (Å²) in [6.07, 6.45) is -1.99. The zero-order valence-electron chi connectivity index (χ0n) is 13.4. The summed E-state index contributed by atoms with van der Waals surface area (Å²) in [4.78, 5) is 19.8. The zero-order chi connectivity index (χ0) is 18.9. The predicted molar refractivity (Wildman–Crippen MR) is 87.1 cm³/mol. The van der Waals surface area contributed by atoms with Crippen LogP contribution in [0.4, 0.5) is 30.5 Å². The van der Waals surface area contributed by atoms with Gasteiger partial charge in [-0.3, -0.25) is 15.0 Å². The van der Waals surface area contributed by atoms with E-state index in [1.165, 1.54) is 6.07 Å². The fraction of sp³-hybridized carbons (Fsp3) is 0.333. The van der Waals surface area contributed by atoms with E-state index < -0.39 is 16.7 Å². The first-order valence-electron chi connectivity index (χ1n) is 7.71. The molecule has 1 saturated heterocycles. The standard InChI is InChI=1S/C15H13ClF3N5O2/c16-11-8-10(15(17,18)19)9-21-13(11)22-4-6-23(7-5-22)14-12(24(25)26)2-1-3-20-14/h1-3,8-9H,4-7H2/p+2. The van der Waals surface area contributed by atoms with Gasteiger partial charge in [0.2, 0.25) is 0 Å². The Bertz CT molecular complexity index is 825. The average Bonchev–Trinajstić information content (AvgIpc) is 2.61. The van der Waals surface area contributed by atoms with Crippen LogP contribution in [0.5, 0.6) is 0 Å². The Balaban J connectivity index is 1.74. The number of H-pyrrole nitrogens is 2. The van der Waals surface area contributed by atoms with E-state index >= 15 is 0 Å². The van der Waals surface area contributed by atoms with Crippen molar-refractivity contribution in [3.8, 4) is 0 Å². The largest absolute Gasteiger partial charge is 0.419 e. The van der Waals surface area contributed by atoms with Crippen molar-refractivity contribution >= 4 is 28.9 Å². The molecule has 0 bridgehead atoms. The molecule has 0 spiro atoms. The Labute approximate surface area is 151 Å². The van der Waals surface area contributed by atoms with E-state index in [0.717, 1.165) is 12.3 Å². The number of aromatic nitrogens is 2. The number of pyridine rings is 2. The molecule has 3 rings (SSSR count). The van der Waals surface area contributed by atoms with E-state index in [1.807, 2.05) is 9.80 Å². The summed E-state index contributed by atoms with van der Waals surface area (Å²) in [5.41, 5.74) is -0.875. The summed E-state index contributed by atoms with van der Waals surface area (Å²) < 4.78 is 38.2. The minimum atomic E-state index is -4.47. The molecule has 2 aromatic rings. The summed E-state index contributed by atoms with van der Waals surface area (Å²) in [5, 5.41) is 11.1. The molecule has 0 radical (unpaired) electrons. The van der Waals surface area contributed by atoms with Gasteiger partial charge in [-0.25, -0.2) is 14.9 Å². The van der Waals surface area contributed by atoms with Crippen molar-refractivity contribution in [2.45, 2.75) is 6.18 Å². The molecule has 26 heavy (non-hydrogen) atoms. The normalized spacial score (nSPS) is 15.2. The van der Waals surface area contributed by atoms with E-state index in [9.17, 15) is 23.3 Å². The quantitative estimate of drug-likeness (QED) is 0.595. The van der Waals surface area contributed by atoms with Gasteiger partial charge in [-0.2, -0.15) is 13.2 Å². The van der Waals surface area contributed by atoms with E-state index in [4.69, 9.17) is 11.6 Å². The van der Waals surface area contributed by atoms with Gasteiger partial charge in [0.1, 0.15) is 37.4 Å². The van der Waals surface area contributed by atoms with Crippen molar-refractivity contribution in [3.63, 3.8) is 0 Å². The lowest BCUT2D eigenvalue weighted by Crippen LogP contribution is -2.49. The van der Waals surface area contributed by atoms with Crippen LogP contribution in [0.2, 0.25) is 5.02 Å². The molecule has 0 unspecified atom stereocenters. The Hall–Kier alpha value is -2.62. The van der Waals surface area contributed by atoms with Crippen molar-refractivity contribution in [2.75, 3.05) is 36.0 Å². The molecule has 0 amide bonds. The van der Waals surface area contributed by atoms with Crippen molar-refractivity contribution in [1.82, 2.24) is 0 Å². The van der Waals surface area contributed by atoms with Crippen LogP contribution >= 0.6 is 11.6 Å². The van der Waals surface area contributed by atoms with E-state index in [-0.39, 0.29) is 10.7 Å². The van der Waals surface area contributed by atoms with Crippen LogP contribution in [0.15, 0.2) is 30.6 Å². The predicted octanol–water partition coefficient (Wildman–Crippen LogP) is 2.22. The van der Waals surface area contributed by atoms with E-state index in [0.29, 0.717) is 37.8 Å². The third-order valence-corrected chi connectivity index (χ3v) is 4.41. The highest BCUT2D eigenvalue weighted by molar-refractivity contribution is 6.32. The molecular formula is C15H15ClF3N5O2+2. The van der Waals surface area contributed by atoms with Gasteiger partial charge < -0.3 is 0 Å². The lowest BCUT2D eigenvalue weighted by Gasteiger charge is -2.26. The summed E-state index contributed by atoms with van der Waals surface area (Å²) >= 11 is 6.01. The summed E-state index contributed by atoms with van der Waals surface area (Å²) in [7, 11) is 0. The molecule has 11 heteroatoms. The molecule has 1 fully saturated rings. The lowest BCUT2D eigenvalue weighted by molar-refractivity contribution is -0.411. The highest BCUT2D eigenvalue weighted by atomic mass is 35.5. The third kappa shape index (κ3) is 3.64. The smallest absolute Gasteiger partial charge is 0.258 e. The molecule has 1 aliphatic heterocycles. The Morgan fingerprint density at radius 1 is 1.12 bits per heavy atom. The third-order valence-electron chi connectivity index (χ3n) is 4.12. The fourth-order valence-electron chi connectivity index (χ4n) is 2.84. The second-order valence-corrected chi connectivity index (χ2v) is 6.13. The molecule has 138 valence electrons. The van der Waals surface area contributed by atoms with Gasteiger partial charge in [-0.15, -0.1) is 0 Å². The Kier molecular flexibility index (Phi) is 4.86. The number of hydrogen-bond donors (Lipinski definition) is 0. The van der Waals surface area contributed by atoms with Gasteiger partial charge in [0.15, 0.2) is 0 Å². The molecule has 2 aromatic heterocycles. The number of nitrogens with zero attached hydrogens (tertiary/aromatic N) is 3. The maximum absolute atomic E-state index is 12.7. The average molecular weight is 390 g/mol. The fourth-order valence-corrected chi connectivity index (χ4v) is 3.13. The van der Waals surface area contributed by atoms with Crippen molar-refractivity contribution in [3.05, 3.63) is 51.3 Å². The number of nitro groups is 1. The van der Waals surface area contributed by atoms with Crippen molar-refractivity contribution < 1.29 is 28.1 Å². The summed E-state index contributed by atoms with van der Waals surface area (Å²) in [6, 6.07) is 3.85. The van der Waals surface area contributed by atoms with Gasteiger partial charge in [0, 0.05) is 6.07 Å². The minimum absolute atomic E-state index is 0.0227. The number of anilines is 2. The van der Waals surface area contributed by atoms with Gasteiger partial charge in [0.05, 0.1) is 16.7 Å². The zero-order valence-corrected chi connectivity index (χ0v) is 14.1. The number of halogens is 4. The van der Waals surface area contributed by atoms with Crippen LogP contribution in [0.1, 0.15) is 5.56 Å². The Morgan fingerprint density at radius 3 is 2.27 bits per heavy atom. The molecule has 3 heterocycles. The molecule has 1 aliphatic rings. The van der Waals surface area contributed by atoms with Gasteiger partial charge in [-0.1, -0.05) is 11.6 Å². The van der Waals surface area contributed by atoms with E-state index in [2.05, 4.69) is 9.97 Å². The van der Waals surface area contributed by atoms with Crippen LogP contribution in [-0.2, 0) is 6.18 Å². The molecule has 0 atom stereocenters. The van der Waals surface area contributed by atoms with Gasteiger partial charge in [0.25, 0.3) is 5.82 Å². The van der Waals surface area contributed by atoms with Crippen LogP contribution < -0.4 is 19.8 Å². The van der Waals surface area contributed by atoms with Gasteiger partial charge in [-0.05, 0) is 12.1 Å². The molecule has 0 aliphatic carbocycles. The monoisotopic (exact) mass is 389 g/mol. The maximum Gasteiger partial charge on any atom is 0.419 e. The lowest BCUT2D eigenvalue weighted by atomic mass is 10.2. The number of alkyl halides is 3. The Morgan fingerprint density at radius 2 is 1.73 bits per heavy atom. The second kappa shape index (κ2) is 6.94. The molecule has 0 saturated carbocycles. The van der Waals surface area contributed by atoms with Crippen LogP contribution in [0.3, 0.4) is 0 Å². The first-order valence-corrected chi connectivity index (χ1v) is 8.08. The molecule has 7 nitrogen and oxygen atoms in total. The summed E-state index contributed by atoms with van der Waals surface area (Å²) in [5.74, 6) is 0.797. The number of aromatic amines is 2. The van der Waals surface area contributed by atoms with Crippen LogP contribution in [0.25, 0.3) is 0 Å². The second-order valence-electron chi connectivity index (χ2n) is 5.72. The number of piperazine rings is 1. The summed E-state index contributed by atoms with van der Waals surface area (Å²) in [6.45, 7) is 1.79. The molecule has 0 aromatic carbocycles. The highest BCUT2D eigenvalue weighted by Gasteiger charge is 2.36. The molecular weight excluding hydrogens is 375 g/mol. The SMILES string of the molecule is O=[N+]([O-])c1ccc[nH+]c1N1CCN(c2[nH+]cc(C(F)(F)F)cc2Cl)CC1. The van der Waals surface area contributed by atoms with Gasteiger partial charge >= 0.3 is 17.7 Å².